The third-order valence-corrected chi connectivity index (χ3v) is 7.34. The van der Waals surface area contributed by atoms with Gasteiger partial charge in [-0.1, -0.05) is 36.4 Å². The minimum absolute atomic E-state index is 0.230. The zero-order valence-corrected chi connectivity index (χ0v) is 20.8. The van der Waals surface area contributed by atoms with Crippen LogP contribution in [0.4, 0.5) is 5.69 Å². The highest BCUT2D eigenvalue weighted by Gasteiger charge is 2.19. The number of anilines is 1. The number of aromatic nitrogens is 1. The number of nitrogens with zero attached hydrogens (tertiary/aromatic N) is 1. The van der Waals surface area contributed by atoms with Crippen molar-refractivity contribution in [2.75, 3.05) is 18.9 Å². The molecule has 5 aromatic rings. The zero-order chi connectivity index (χ0) is 25.3. The Morgan fingerprint density at radius 2 is 1.53 bits per heavy atom. The summed E-state index contributed by atoms with van der Waals surface area (Å²) in [6.07, 6.45) is 1.66. The molecule has 0 radical (unpaired) electrons. The van der Waals surface area contributed by atoms with Gasteiger partial charge in [0.05, 0.1) is 30.3 Å². The van der Waals surface area contributed by atoms with Crippen LogP contribution in [0.2, 0.25) is 0 Å². The molecule has 0 amide bonds. The molecule has 1 aromatic heterocycles. The lowest BCUT2D eigenvalue weighted by molar-refractivity contribution is 0.355. The number of ether oxygens (including phenoxy) is 3. The first-order chi connectivity index (χ1) is 17.4. The molecule has 8 heteroatoms. The van der Waals surface area contributed by atoms with Crippen LogP contribution in [-0.2, 0) is 10.0 Å². The normalized spacial score (nSPS) is 11.4. The second-order valence-corrected chi connectivity index (χ2v) is 9.85. The van der Waals surface area contributed by atoms with Gasteiger partial charge < -0.3 is 14.2 Å². The van der Waals surface area contributed by atoms with E-state index in [1.165, 1.54) is 0 Å². The molecule has 0 bridgehead atoms. The Hall–Kier alpha value is -4.30. The Labute approximate surface area is 209 Å². The highest BCUT2D eigenvalue weighted by molar-refractivity contribution is 7.93. The van der Waals surface area contributed by atoms with E-state index in [-0.39, 0.29) is 4.90 Å². The van der Waals surface area contributed by atoms with Crippen LogP contribution in [0.5, 0.6) is 23.0 Å². The predicted octanol–water partition coefficient (Wildman–Crippen LogP) is 6.31. The lowest BCUT2D eigenvalue weighted by Crippen LogP contribution is -2.14. The summed E-state index contributed by atoms with van der Waals surface area (Å²) in [7, 11) is -0.658. The standard InChI is InChI=1S/C28H24N2O5S/c1-18-15-20(35-25-13-14-29-24-17-27(34-3)26(33-2)16-22(24)25)11-12-23(18)30-36(31,32)28-10-6-8-19-7-4-5-9-21(19)28/h4-17,30H,1-3H3. The second kappa shape index (κ2) is 9.39. The quantitative estimate of drug-likeness (QED) is 0.282. The number of pyridine rings is 1. The van der Waals surface area contributed by atoms with Gasteiger partial charge in [-0.05, 0) is 54.3 Å². The summed E-state index contributed by atoms with van der Waals surface area (Å²) < 4.78 is 46.1. The number of rotatable bonds is 7. The van der Waals surface area contributed by atoms with E-state index in [9.17, 15) is 8.42 Å². The fourth-order valence-electron chi connectivity index (χ4n) is 4.11. The largest absolute Gasteiger partial charge is 0.493 e. The van der Waals surface area contributed by atoms with E-state index in [1.807, 2.05) is 37.3 Å². The monoisotopic (exact) mass is 500 g/mol. The van der Waals surface area contributed by atoms with Crippen LogP contribution >= 0.6 is 0 Å². The Morgan fingerprint density at radius 1 is 0.778 bits per heavy atom. The number of sulfonamides is 1. The number of hydrogen-bond donors (Lipinski definition) is 1. The average Bonchev–Trinajstić information content (AvgIpc) is 2.89. The molecule has 182 valence electrons. The van der Waals surface area contributed by atoms with Gasteiger partial charge >= 0.3 is 0 Å². The third kappa shape index (κ3) is 4.38. The lowest BCUT2D eigenvalue weighted by atomic mass is 10.1. The molecule has 0 atom stereocenters. The molecule has 7 nitrogen and oxygen atoms in total. The van der Waals surface area contributed by atoms with E-state index in [0.717, 1.165) is 10.8 Å². The van der Waals surface area contributed by atoms with Crippen molar-refractivity contribution in [3.63, 3.8) is 0 Å². The Bertz CT molecular complexity index is 1690. The van der Waals surface area contributed by atoms with Crippen LogP contribution in [0.3, 0.4) is 0 Å². The van der Waals surface area contributed by atoms with Gasteiger partial charge in [-0.25, -0.2) is 8.42 Å². The smallest absolute Gasteiger partial charge is 0.262 e. The van der Waals surface area contributed by atoms with Crippen LogP contribution in [0.1, 0.15) is 5.56 Å². The molecule has 0 unspecified atom stereocenters. The minimum atomic E-state index is -3.80. The van der Waals surface area contributed by atoms with Crippen LogP contribution in [0, 0.1) is 6.92 Å². The van der Waals surface area contributed by atoms with Crippen molar-refractivity contribution >= 4 is 37.4 Å². The van der Waals surface area contributed by atoms with E-state index < -0.39 is 10.0 Å². The number of hydrogen-bond acceptors (Lipinski definition) is 6. The van der Waals surface area contributed by atoms with Gasteiger partial charge in [0.2, 0.25) is 0 Å². The van der Waals surface area contributed by atoms with Crippen LogP contribution in [0.25, 0.3) is 21.7 Å². The molecule has 0 aliphatic carbocycles. The molecule has 36 heavy (non-hydrogen) atoms. The molecule has 0 aliphatic heterocycles. The van der Waals surface area contributed by atoms with E-state index in [0.29, 0.717) is 45.2 Å². The summed E-state index contributed by atoms with van der Waals surface area (Å²) in [5, 5.41) is 2.29. The Kier molecular flexibility index (Phi) is 6.12. The predicted molar refractivity (Wildman–Crippen MR) is 141 cm³/mol. The van der Waals surface area contributed by atoms with Crippen molar-refractivity contribution in [3.05, 3.63) is 90.6 Å². The number of aryl methyl sites for hydroxylation is 1. The molecule has 4 aromatic carbocycles. The van der Waals surface area contributed by atoms with Crippen molar-refractivity contribution in [1.82, 2.24) is 4.98 Å². The SMILES string of the molecule is COc1cc2nccc(Oc3ccc(NS(=O)(=O)c4cccc5ccccc45)c(C)c3)c2cc1OC. The summed E-state index contributed by atoms with van der Waals surface area (Å²) in [4.78, 5) is 4.63. The lowest BCUT2D eigenvalue weighted by Gasteiger charge is -2.15. The summed E-state index contributed by atoms with van der Waals surface area (Å²) in [6, 6.07) is 23.2. The van der Waals surface area contributed by atoms with Gasteiger partial charge in [0.1, 0.15) is 11.5 Å². The van der Waals surface area contributed by atoms with Gasteiger partial charge in [-0.2, -0.15) is 0 Å². The second-order valence-electron chi connectivity index (χ2n) is 8.20. The van der Waals surface area contributed by atoms with E-state index in [2.05, 4.69) is 9.71 Å². The van der Waals surface area contributed by atoms with Crippen LogP contribution in [0.15, 0.2) is 90.0 Å². The average molecular weight is 501 g/mol. The van der Waals surface area contributed by atoms with Gasteiger partial charge in [-0.15, -0.1) is 0 Å². The Morgan fingerprint density at radius 3 is 2.31 bits per heavy atom. The van der Waals surface area contributed by atoms with Crippen LogP contribution < -0.4 is 18.9 Å². The molecule has 0 aliphatic rings. The molecule has 0 saturated heterocycles. The maximum Gasteiger partial charge on any atom is 0.262 e. The molecule has 1 heterocycles. The Balaban J connectivity index is 1.44. The van der Waals surface area contributed by atoms with Crippen molar-refractivity contribution in [2.45, 2.75) is 11.8 Å². The third-order valence-electron chi connectivity index (χ3n) is 5.92. The van der Waals surface area contributed by atoms with E-state index in [1.54, 1.807) is 68.9 Å². The maximum absolute atomic E-state index is 13.2. The number of nitrogens with one attached hydrogen (secondary N) is 1. The van der Waals surface area contributed by atoms with E-state index in [4.69, 9.17) is 14.2 Å². The highest BCUT2D eigenvalue weighted by atomic mass is 32.2. The van der Waals surface area contributed by atoms with Gasteiger partial charge in [0, 0.05) is 23.0 Å². The van der Waals surface area contributed by atoms with Crippen molar-refractivity contribution in [2.24, 2.45) is 0 Å². The number of methoxy groups -OCH3 is 2. The van der Waals surface area contributed by atoms with Crippen molar-refractivity contribution in [3.8, 4) is 23.0 Å². The zero-order valence-electron chi connectivity index (χ0n) is 20.0. The molecular formula is C28H24N2O5S. The molecule has 5 rings (SSSR count). The topological polar surface area (TPSA) is 86.8 Å². The van der Waals surface area contributed by atoms with Crippen molar-refractivity contribution in [1.29, 1.82) is 0 Å². The number of benzene rings is 4. The first kappa shape index (κ1) is 23.4. The molecule has 0 spiro atoms. The fraction of sp³-hybridized carbons (Fsp3) is 0.107. The maximum atomic E-state index is 13.2. The van der Waals surface area contributed by atoms with Crippen LogP contribution in [-0.4, -0.2) is 27.6 Å². The first-order valence-electron chi connectivity index (χ1n) is 11.2. The summed E-state index contributed by atoms with van der Waals surface area (Å²) in [6.45, 7) is 1.83. The van der Waals surface area contributed by atoms with Gasteiger partial charge in [0.25, 0.3) is 10.0 Å². The molecule has 1 N–H and O–H groups in total. The summed E-state index contributed by atoms with van der Waals surface area (Å²) >= 11 is 0. The number of fused-ring (bicyclic) bond motifs is 2. The van der Waals surface area contributed by atoms with Gasteiger partial charge in [-0.3, -0.25) is 9.71 Å². The van der Waals surface area contributed by atoms with E-state index >= 15 is 0 Å². The summed E-state index contributed by atoms with van der Waals surface area (Å²) in [5.74, 6) is 2.29. The minimum Gasteiger partial charge on any atom is -0.493 e. The molecule has 0 saturated carbocycles. The van der Waals surface area contributed by atoms with Crippen molar-refractivity contribution < 1.29 is 22.6 Å². The fourth-order valence-corrected chi connectivity index (χ4v) is 5.47. The summed E-state index contributed by atoms with van der Waals surface area (Å²) in [5.41, 5.74) is 1.89. The van der Waals surface area contributed by atoms with Gasteiger partial charge in [0.15, 0.2) is 11.5 Å². The molecular weight excluding hydrogens is 476 g/mol. The first-order valence-corrected chi connectivity index (χ1v) is 12.7. The molecule has 0 fully saturated rings. The highest BCUT2D eigenvalue weighted by Crippen LogP contribution is 2.37.